The van der Waals surface area contributed by atoms with E-state index in [4.69, 9.17) is 0 Å². The van der Waals surface area contributed by atoms with E-state index in [0.717, 1.165) is 19.5 Å². The van der Waals surface area contributed by atoms with Crippen molar-refractivity contribution >= 4 is 10.8 Å². The van der Waals surface area contributed by atoms with Crippen LogP contribution in [0.15, 0.2) is 66.7 Å². The number of benzene rings is 3. The van der Waals surface area contributed by atoms with Gasteiger partial charge >= 0.3 is 0 Å². The molecule has 0 bridgehead atoms. The van der Waals surface area contributed by atoms with Gasteiger partial charge in [-0.05, 0) is 53.9 Å². The summed E-state index contributed by atoms with van der Waals surface area (Å²) in [6.45, 7) is 4.43. The molecule has 0 atom stereocenters. The van der Waals surface area contributed by atoms with E-state index in [1.165, 1.54) is 40.3 Å². The Kier molecular flexibility index (Phi) is 5.66. The molecule has 3 aromatic carbocycles. The highest BCUT2D eigenvalue weighted by atomic mass is 15.1. The summed E-state index contributed by atoms with van der Waals surface area (Å²) in [7, 11) is 2.22. The first kappa shape index (κ1) is 16.7. The van der Waals surface area contributed by atoms with Gasteiger partial charge in [0.25, 0.3) is 0 Å². The Bertz CT molecular complexity index is 776. The highest BCUT2D eigenvalue weighted by Gasteiger charge is 2.08. The van der Waals surface area contributed by atoms with Crippen LogP contribution < -0.4 is 0 Å². The van der Waals surface area contributed by atoms with Gasteiger partial charge in [0.05, 0.1) is 0 Å². The molecule has 0 heterocycles. The molecule has 3 aromatic rings. The topological polar surface area (TPSA) is 3.24 Å². The largest absolute Gasteiger partial charge is 0.302 e. The lowest BCUT2D eigenvalue weighted by Crippen LogP contribution is -2.19. The number of hydrogen-bond donors (Lipinski definition) is 0. The van der Waals surface area contributed by atoms with Gasteiger partial charge in [-0.1, -0.05) is 80.1 Å². The first-order valence-corrected chi connectivity index (χ1v) is 9.00. The van der Waals surface area contributed by atoms with E-state index in [1.54, 1.807) is 0 Å². The van der Waals surface area contributed by atoms with E-state index >= 15 is 0 Å². The zero-order chi connectivity index (χ0) is 16.8. The van der Waals surface area contributed by atoms with Gasteiger partial charge in [-0.15, -0.1) is 0 Å². The molecule has 0 N–H and O–H groups in total. The lowest BCUT2D eigenvalue weighted by Gasteiger charge is -2.18. The van der Waals surface area contributed by atoms with Crippen molar-refractivity contribution in [2.45, 2.75) is 32.7 Å². The molecule has 0 aromatic heterocycles. The maximum atomic E-state index is 2.43. The standard InChI is InChI=1S/C23H27N/c1-3-4-16-24(2)18-21-15-14-20(17-19-10-6-5-7-11-19)22-12-8-9-13-23(21)22/h5-15H,3-4,16-18H2,1-2H3. The summed E-state index contributed by atoms with van der Waals surface area (Å²) in [5.41, 5.74) is 4.22. The van der Waals surface area contributed by atoms with E-state index in [-0.39, 0.29) is 0 Å². The fourth-order valence-electron chi connectivity index (χ4n) is 3.33. The Morgan fingerprint density at radius 3 is 2.08 bits per heavy atom. The molecule has 0 radical (unpaired) electrons. The van der Waals surface area contributed by atoms with Crippen molar-refractivity contribution in [1.82, 2.24) is 4.90 Å². The average Bonchev–Trinajstić information content (AvgIpc) is 2.63. The molecule has 1 heteroatoms. The van der Waals surface area contributed by atoms with Crippen molar-refractivity contribution in [3.63, 3.8) is 0 Å². The van der Waals surface area contributed by atoms with E-state index in [2.05, 4.69) is 85.6 Å². The fraction of sp³-hybridized carbons (Fsp3) is 0.304. The lowest BCUT2D eigenvalue weighted by molar-refractivity contribution is 0.322. The van der Waals surface area contributed by atoms with Crippen LogP contribution in [-0.4, -0.2) is 18.5 Å². The second-order valence-corrected chi connectivity index (χ2v) is 6.68. The maximum absolute atomic E-state index is 2.43. The number of fused-ring (bicyclic) bond motifs is 1. The zero-order valence-electron chi connectivity index (χ0n) is 14.8. The quantitative estimate of drug-likeness (QED) is 0.543. The summed E-state index contributed by atoms with van der Waals surface area (Å²) in [5, 5.41) is 2.79. The summed E-state index contributed by atoms with van der Waals surface area (Å²) < 4.78 is 0. The number of rotatable bonds is 7. The molecule has 0 aliphatic heterocycles. The second-order valence-electron chi connectivity index (χ2n) is 6.68. The van der Waals surface area contributed by atoms with E-state index < -0.39 is 0 Å². The molecule has 124 valence electrons. The molecule has 0 aliphatic carbocycles. The van der Waals surface area contributed by atoms with E-state index in [0.29, 0.717) is 0 Å². The maximum Gasteiger partial charge on any atom is 0.0236 e. The van der Waals surface area contributed by atoms with Crippen LogP contribution in [0.1, 0.15) is 36.5 Å². The van der Waals surface area contributed by atoms with Gasteiger partial charge in [-0.25, -0.2) is 0 Å². The highest BCUT2D eigenvalue weighted by Crippen LogP contribution is 2.26. The Morgan fingerprint density at radius 1 is 0.750 bits per heavy atom. The van der Waals surface area contributed by atoms with Crippen LogP contribution in [-0.2, 0) is 13.0 Å². The van der Waals surface area contributed by atoms with Crippen molar-refractivity contribution in [2.75, 3.05) is 13.6 Å². The summed E-state index contributed by atoms with van der Waals surface area (Å²) >= 11 is 0. The third-order valence-electron chi connectivity index (χ3n) is 4.68. The Balaban J connectivity index is 1.89. The minimum Gasteiger partial charge on any atom is -0.302 e. The second kappa shape index (κ2) is 8.12. The van der Waals surface area contributed by atoms with Crippen molar-refractivity contribution in [1.29, 1.82) is 0 Å². The fourth-order valence-corrected chi connectivity index (χ4v) is 3.33. The van der Waals surface area contributed by atoms with Gasteiger partial charge in [0.15, 0.2) is 0 Å². The van der Waals surface area contributed by atoms with Gasteiger partial charge in [0.1, 0.15) is 0 Å². The van der Waals surface area contributed by atoms with Gasteiger partial charge in [-0.3, -0.25) is 0 Å². The molecule has 24 heavy (non-hydrogen) atoms. The minimum absolute atomic E-state index is 0.993. The van der Waals surface area contributed by atoms with Crippen LogP contribution in [0.2, 0.25) is 0 Å². The smallest absolute Gasteiger partial charge is 0.0236 e. The molecular formula is C23H27N. The predicted molar refractivity (Wildman–Crippen MR) is 104 cm³/mol. The van der Waals surface area contributed by atoms with E-state index in [9.17, 15) is 0 Å². The normalized spacial score (nSPS) is 11.3. The van der Waals surface area contributed by atoms with Crippen molar-refractivity contribution in [2.24, 2.45) is 0 Å². The molecule has 3 rings (SSSR count). The first-order chi connectivity index (χ1) is 11.8. The van der Waals surface area contributed by atoms with Crippen LogP contribution in [0.3, 0.4) is 0 Å². The van der Waals surface area contributed by atoms with Crippen molar-refractivity contribution in [3.8, 4) is 0 Å². The molecule has 0 saturated heterocycles. The lowest BCUT2D eigenvalue weighted by atomic mass is 9.95. The molecule has 0 unspecified atom stereocenters. The van der Waals surface area contributed by atoms with Crippen LogP contribution in [0.5, 0.6) is 0 Å². The van der Waals surface area contributed by atoms with E-state index in [1.807, 2.05) is 0 Å². The first-order valence-electron chi connectivity index (χ1n) is 9.00. The van der Waals surface area contributed by atoms with Gasteiger partial charge in [0, 0.05) is 6.54 Å². The summed E-state index contributed by atoms with van der Waals surface area (Å²) in [4.78, 5) is 2.43. The summed E-state index contributed by atoms with van der Waals surface area (Å²) in [6, 6.07) is 24.2. The zero-order valence-corrected chi connectivity index (χ0v) is 14.8. The Labute approximate surface area is 145 Å². The van der Waals surface area contributed by atoms with Crippen LogP contribution in [0, 0.1) is 0 Å². The van der Waals surface area contributed by atoms with Crippen LogP contribution in [0.25, 0.3) is 10.8 Å². The van der Waals surface area contributed by atoms with Gasteiger partial charge < -0.3 is 4.90 Å². The monoisotopic (exact) mass is 317 g/mol. The van der Waals surface area contributed by atoms with Crippen molar-refractivity contribution < 1.29 is 0 Å². The number of unbranched alkanes of at least 4 members (excludes halogenated alkanes) is 1. The molecule has 0 spiro atoms. The van der Waals surface area contributed by atoms with Crippen LogP contribution >= 0.6 is 0 Å². The Hall–Kier alpha value is -2.12. The highest BCUT2D eigenvalue weighted by molar-refractivity contribution is 5.89. The van der Waals surface area contributed by atoms with Crippen LogP contribution in [0.4, 0.5) is 0 Å². The molecule has 0 aliphatic rings. The van der Waals surface area contributed by atoms with Gasteiger partial charge in [0.2, 0.25) is 0 Å². The van der Waals surface area contributed by atoms with Gasteiger partial charge in [-0.2, -0.15) is 0 Å². The number of hydrogen-bond acceptors (Lipinski definition) is 1. The molecular weight excluding hydrogens is 290 g/mol. The SMILES string of the molecule is CCCCN(C)Cc1ccc(Cc2ccccc2)c2ccccc12. The molecule has 0 saturated carbocycles. The third-order valence-corrected chi connectivity index (χ3v) is 4.68. The summed E-state index contributed by atoms with van der Waals surface area (Å²) in [6.07, 6.45) is 3.51. The van der Waals surface area contributed by atoms with Crippen molar-refractivity contribution in [3.05, 3.63) is 83.4 Å². The summed E-state index contributed by atoms with van der Waals surface area (Å²) in [5.74, 6) is 0. The third kappa shape index (κ3) is 4.04. The minimum atomic E-state index is 0.993. The predicted octanol–water partition coefficient (Wildman–Crippen LogP) is 5.66. The molecule has 0 amide bonds. The molecule has 0 fully saturated rings. The Morgan fingerprint density at radius 2 is 1.38 bits per heavy atom. The molecule has 1 nitrogen and oxygen atoms in total. The average molecular weight is 317 g/mol. The number of nitrogens with zero attached hydrogens (tertiary/aromatic N) is 1.